The molecule has 1 fully saturated rings. The highest BCUT2D eigenvalue weighted by atomic mass is 19.4. The van der Waals surface area contributed by atoms with Gasteiger partial charge in [-0.1, -0.05) is 18.9 Å². The summed E-state index contributed by atoms with van der Waals surface area (Å²) in [6.45, 7) is 0. The summed E-state index contributed by atoms with van der Waals surface area (Å²) in [4.78, 5) is 4.41. The molecule has 1 N–H and O–H groups in total. The Morgan fingerprint density at radius 2 is 1.90 bits per heavy atom. The first kappa shape index (κ1) is 14.8. The van der Waals surface area contributed by atoms with Crippen molar-refractivity contribution in [3.63, 3.8) is 0 Å². The average Bonchev–Trinajstić information content (AvgIpc) is 2.47. The summed E-state index contributed by atoms with van der Waals surface area (Å²) in [5, 5.41) is 3.29. The Morgan fingerprint density at radius 1 is 1.10 bits per heavy atom. The van der Waals surface area contributed by atoms with Crippen LogP contribution in [0.3, 0.4) is 0 Å². The second-order valence-electron chi connectivity index (χ2n) is 6.20. The lowest BCUT2D eigenvalue weighted by Gasteiger charge is -2.37. The van der Waals surface area contributed by atoms with Crippen LogP contribution in [0.5, 0.6) is 0 Å². The van der Waals surface area contributed by atoms with E-state index in [-0.39, 0.29) is 12.5 Å². The number of nitrogens with zero attached hydrogens (tertiary/aromatic N) is 1. The van der Waals surface area contributed by atoms with Gasteiger partial charge in [0.25, 0.3) is 0 Å². The molecule has 1 aromatic heterocycles. The van der Waals surface area contributed by atoms with E-state index in [4.69, 9.17) is 0 Å². The molecule has 2 aliphatic rings. The minimum atomic E-state index is -4.10. The van der Waals surface area contributed by atoms with Gasteiger partial charge in [0.1, 0.15) is 0 Å². The Bertz CT molecular complexity index is 487. The third kappa shape index (κ3) is 3.23. The maximum absolute atomic E-state index is 13.2. The molecule has 0 amide bonds. The van der Waals surface area contributed by atoms with Crippen LogP contribution in [0.1, 0.15) is 55.8 Å². The molecule has 0 aromatic carbocycles. The fourth-order valence-corrected chi connectivity index (χ4v) is 3.75. The lowest BCUT2D eigenvalue weighted by molar-refractivity contribution is -0.189. The van der Waals surface area contributed by atoms with Crippen molar-refractivity contribution in [3.8, 4) is 0 Å². The van der Waals surface area contributed by atoms with Crippen molar-refractivity contribution in [3.05, 3.63) is 29.6 Å². The molecular weight excluding hydrogens is 277 g/mol. The third-order valence-electron chi connectivity index (χ3n) is 4.80. The van der Waals surface area contributed by atoms with Crippen LogP contribution in [0, 0.1) is 5.92 Å². The van der Waals surface area contributed by atoms with Gasteiger partial charge in [-0.3, -0.25) is 4.98 Å². The molecule has 0 saturated heterocycles. The Morgan fingerprint density at radius 3 is 2.71 bits per heavy atom. The number of nitrogens with one attached hydrogen (secondary N) is 1. The van der Waals surface area contributed by atoms with Crippen LogP contribution in [0.2, 0.25) is 0 Å². The molecule has 0 radical (unpaired) electrons. The molecule has 0 bridgehead atoms. The predicted molar refractivity (Wildman–Crippen MR) is 74.9 cm³/mol. The maximum Gasteiger partial charge on any atom is 0.393 e. The molecule has 3 rings (SSSR count). The van der Waals surface area contributed by atoms with E-state index in [0.29, 0.717) is 12.8 Å². The molecule has 3 atom stereocenters. The number of alkyl halides is 3. The molecule has 5 heteroatoms. The van der Waals surface area contributed by atoms with Crippen LogP contribution in [-0.2, 0) is 6.42 Å². The molecule has 2 nitrogen and oxygen atoms in total. The second kappa shape index (κ2) is 5.95. The second-order valence-corrected chi connectivity index (χ2v) is 6.20. The van der Waals surface area contributed by atoms with Gasteiger partial charge < -0.3 is 5.32 Å². The molecular formula is C16H21F3N2. The Hall–Kier alpha value is -1.10. The van der Waals surface area contributed by atoms with E-state index in [9.17, 15) is 13.2 Å². The van der Waals surface area contributed by atoms with Crippen molar-refractivity contribution in [1.82, 2.24) is 10.3 Å². The number of hydrogen-bond donors (Lipinski definition) is 1. The van der Waals surface area contributed by atoms with Gasteiger partial charge in [0, 0.05) is 18.3 Å². The van der Waals surface area contributed by atoms with Crippen LogP contribution in [0.15, 0.2) is 18.3 Å². The fraction of sp³-hybridized carbons (Fsp3) is 0.688. The molecule has 21 heavy (non-hydrogen) atoms. The highest BCUT2D eigenvalue weighted by Gasteiger charge is 2.46. The molecule has 0 spiro atoms. The van der Waals surface area contributed by atoms with E-state index in [2.05, 4.69) is 10.3 Å². The van der Waals surface area contributed by atoms with Gasteiger partial charge in [-0.05, 0) is 43.7 Å². The van der Waals surface area contributed by atoms with Crippen molar-refractivity contribution in [2.24, 2.45) is 5.92 Å². The largest absolute Gasteiger partial charge is 0.393 e. The number of halogens is 3. The molecule has 2 aliphatic carbocycles. The lowest BCUT2D eigenvalue weighted by Crippen LogP contribution is -2.47. The van der Waals surface area contributed by atoms with Gasteiger partial charge >= 0.3 is 6.18 Å². The lowest BCUT2D eigenvalue weighted by atomic mass is 9.82. The van der Waals surface area contributed by atoms with Crippen LogP contribution in [-0.4, -0.2) is 17.2 Å². The smallest absolute Gasteiger partial charge is 0.305 e. The average molecular weight is 298 g/mol. The number of hydrogen-bond acceptors (Lipinski definition) is 2. The van der Waals surface area contributed by atoms with Crippen LogP contribution in [0.25, 0.3) is 0 Å². The number of pyridine rings is 1. The summed E-state index contributed by atoms with van der Waals surface area (Å²) in [5.41, 5.74) is 2.14. The molecule has 1 heterocycles. The Kier molecular flexibility index (Phi) is 4.20. The first-order valence-corrected chi connectivity index (χ1v) is 7.82. The minimum Gasteiger partial charge on any atom is -0.305 e. The van der Waals surface area contributed by atoms with Gasteiger partial charge in [-0.25, -0.2) is 0 Å². The zero-order valence-electron chi connectivity index (χ0n) is 12.0. The van der Waals surface area contributed by atoms with E-state index in [1.54, 1.807) is 6.20 Å². The Labute approximate surface area is 123 Å². The number of fused-ring (bicyclic) bond motifs is 1. The normalized spacial score (nSPS) is 30.0. The summed E-state index contributed by atoms with van der Waals surface area (Å²) in [5.74, 6) is -1.21. The van der Waals surface area contributed by atoms with Crippen molar-refractivity contribution in [2.45, 2.75) is 63.2 Å². The van der Waals surface area contributed by atoms with E-state index >= 15 is 0 Å². The van der Waals surface area contributed by atoms with Crippen LogP contribution < -0.4 is 5.32 Å². The first-order valence-electron chi connectivity index (χ1n) is 7.82. The van der Waals surface area contributed by atoms with Gasteiger partial charge in [0.2, 0.25) is 0 Å². The molecule has 1 saturated carbocycles. The SMILES string of the molecule is FC(F)(F)C1CCCCC1NC1CCCc2cccnc21. The van der Waals surface area contributed by atoms with E-state index < -0.39 is 18.1 Å². The Balaban J connectivity index is 1.77. The van der Waals surface area contributed by atoms with Gasteiger partial charge in [-0.2, -0.15) is 13.2 Å². The quantitative estimate of drug-likeness (QED) is 0.886. The highest BCUT2D eigenvalue weighted by Crippen LogP contribution is 2.39. The summed E-state index contributed by atoms with van der Waals surface area (Å²) < 4.78 is 39.6. The topological polar surface area (TPSA) is 24.9 Å². The van der Waals surface area contributed by atoms with Crippen molar-refractivity contribution >= 4 is 0 Å². The molecule has 0 aliphatic heterocycles. The minimum absolute atomic E-state index is 0.0251. The molecule has 116 valence electrons. The monoisotopic (exact) mass is 298 g/mol. The van der Waals surface area contributed by atoms with Gasteiger partial charge in [-0.15, -0.1) is 0 Å². The summed E-state index contributed by atoms with van der Waals surface area (Å²) in [6, 6.07) is 3.46. The number of aromatic nitrogens is 1. The zero-order chi connectivity index (χ0) is 14.9. The van der Waals surface area contributed by atoms with E-state index in [1.807, 2.05) is 12.1 Å². The highest BCUT2D eigenvalue weighted by molar-refractivity contribution is 5.25. The first-order chi connectivity index (χ1) is 10.1. The fourth-order valence-electron chi connectivity index (χ4n) is 3.75. The van der Waals surface area contributed by atoms with Crippen molar-refractivity contribution in [2.75, 3.05) is 0 Å². The van der Waals surface area contributed by atoms with Crippen LogP contribution >= 0.6 is 0 Å². The van der Waals surface area contributed by atoms with Crippen molar-refractivity contribution in [1.29, 1.82) is 0 Å². The van der Waals surface area contributed by atoms with E-state index in [1.165, 1.54) is 5.56 Å². The molecule has 3 unspecified atom stereocenters. The zero-order valence-corrected chi connectivity index (χ0v) is 12.0. The van der Waals surface area contributed by atoms with Crippen LogP contribution in [0.4, 0.5) is 13.2 Å². The summed E-state index contributed by atoms with van der Waals surface area (Å²) in [7, 11) is 0. The molecule has 1 aromatic rings. The van der Waals surface area contributed by atoms with Gasteiger partial charge in [0.05, 0.1) is 11.6 Å². The van der Waals surface area contributed by atoms with Gasteiger partial charge in [0.15, 0.2) is 0 Å². The third-order valence-corrected chi connectivity index (χ3v) is 4.80. The predicted octanol–water partition coefficient (Wildman–Crippen LogP) is 4.17. The summed E-state index contributed by atoms with van der Waals surface area (Å²) >= 11 is 0. The standard InChI is InChI=1S/C16H21F3N2/c17-16(18,19)12-7-1-2-8-13(12)21-14-9-3-5-11-6-4-10-20-15(11)14/h4,6,10,12-14,21H,1-3,5,7-9H2. The van der Waals surface area contributed by atoms with Crippen molar-refractivity contribution < 1.29 is 13.2 Å². The number of aryl methyl sites for hydroxylation is 1. The maximum atomic E-state index is 13.2. The summed E-state index contributed by atoms with van der Waals surface area (Å²) in [6.07, 6.45) is 2.94. The van der Waals surface area contributed by atoms with E-state index in [0.717, 1.165) is 31.4 Å². The number of rotatable bonds is 2.